The van der Waals surface area contributed by atoms with E-state index in [2.05, 4.69) is 10.3 Å². The molecule has 0 bridgehead atoms. The summed E-state index contributed by atoms with van der Waals surface area (Å²) in [6.07, 6.45) is 0. The molecule has 1 atom stereocenters. The Morgan fingerprint density at radius 2 is 2.30 bits per heavy atom. The van der Waals surface area contributed by atoms with Crippen LogP contribution < -0.4 is 5.32 Å². The van der Waals surface area contributed by atoms with Crippen molar-refractivity contribution in [1.29, 1.82) is 5.26 Å². The zero-order valence-electron chi connectivity index (χ0n) is 11.0. The van der Waals surface area contributed by atoms with Crippen LogP contribution in [0.4, 0.5) is 11.4 Å². The molecule has 0 spiro atoms. The van der Waals surface area contributed by atoms with Crippen molar-refractivity contribution in [1.82, 2.24) is 4.98 Å². The summed E-state index contributed by atoms with van der Waals surface area (Å²) in [5.74, 6) is 0. The van der Waals surface area contributed by atoms with E-state index in [0.717, 1.165) is 10.7 Å². The first-order valence-electron chi connectivity index (χ1n) is 5.88. The molecule has 2 rings (SSSR count). The molecular weight excluding hydrogens is 276 g/mol. The van der Waals surface area contributed by atoms with Crippen molar-refractivity contribution in [2.24, 2.45) is 0 Å². The standard InChI is InChI=1S/C13H12N4O2S/c1-8-7-20-13(15-8)9(2)16-11-4-3-10(6-14)12(5-11)17(18)19/h3-5,7,9,16H,1-2H3. The third-order valence-electron chi connectivity index (χ3n) is 2.71. The summed E-state index contributed by atoms with van der Waals surface area (Å²) in [6.45, 7) is 3.85. The molecule has 1 unspecified atom stereocenters. The number of thiazole rings is 1. The van der Waals surface area contributed by atoms with Crippen LogP contribution in [0, 0.1) is 28.4 Å². The van der Waals surface area contributed by atoms with Gasteiger partial charge in [0, 0.05) is 22.8 Å². The Morgan fingerprint density at radius 1 is 1.55 bits per heavy atom. The molecule has 20 heavy (non-hydrogen) atoms. The first-order chi connectivity index (χ1) is 9.51. The van der Waals surface area contributed by atoms with Crippen LogP contribution in [-0.2, 0) is 0 Å². The molecule has 1 aromatic heterocycles. The molecule has 0 saturated heterocycles. The second-order valence-corrected chi connectivity index (χ2v) is 5.18. The Bertz CT molecular complexity index is 690. The van der Waals surface area contributed by atoms with Gasteiger partial charge in [0.1, 0.15) is 16.6 Å². The van der Waals surface area contributed by atoms with Crippen LogP contribution in [0.15, 0.2) is 23.6 Å². The van der Waals surface area contributed by atoms with Gasteiger partial charge in [0.2, 0.25) is 0 Å². The van der Waals surface area contributed by atoms with Crippen molar-refractivity contribution in [2.45, 2.75) is 19.9 Å². The lowest BCUT2D eigenvalue weighted by atomic mass is 10.1. The van der Waals surface area contributed by atoms with Crippen molar-refractivity contribution in [2.75, 3.05) is 5.32 Å². The van der Waals surface area contributed by atoms with Gasteiger partial charge in [-0.25, -0.2) is 4.98 Å². The number of nitriles is 1. The minimum Gasteiger partial charge on any atom is -0.376 e. The van der Waals surface area contributed by atoms with Gasteiger partial charge >= 0.3 is 0 Å². The van der Waals surface area contributed by atoms with E-state index in [-0.39, 0.29) is 17.3 Å². The average Bonchev–Trinajstić information content (AvgIpc) is 2.85. The second kappa shape index (κ2) is 5.67. The van der Waals surface area contributed by atoms with E-state index in [9.17, 15) is 10.1 Å². The molecule has 0 aliphatic rings. The van der Waals surface area contributed by atoms with Gasteiger partial charge in [-0.2, -0.15) is 5.26 Å². The van der Waals surface area contributed by atoms with Crippen LogP contribution in [0.1, 0.15) is 29.2 Å². The highest BCUT2D eigenvalue weighted by Crippen LogP contribution is 2.26. The number of aryl methyl sites for hydroxylation is 1. The summed E-state index contributed by atoms with van der Waals surface area (Å²) in [7, 11) is 0. The highest BCUT2D eigenvalue weighted by Gasteiger charge is 2.16. The fourth-order valence-electron chi connectivity index (χ4n) is 1.75. The zero-order chi connectivity index (χ0) is 14.7. The minimum absolute atomic E-state index is 0.0540. The van der Waals surface area contributed by atoms with Crippen LogP contribution in [0.5, 0.6) is 0 Å². The number of benzene rings is 1. The topological polar surface area (TPSA) is 91.8 Å². The molecule has 1 aromatic carbocycles. The molecule has 1 N–H and O–H groups in total. The first kappa shape index (κ1) is 14.0. The number of nitrogens with one attached hydrogen (secondary N) is 1. The predicted octanol–water partition coefficient (Wildman–Crippen LogP) is 3.40. The number of aromatic nitrogens is 1. The molecule has 7 heteroatoms. The molecule has 0 aliphatic carbocycles. The second-order valence-electron chi connectivity index (χ2n) is 4.29. The zero-order valence-corrected chi connectivity index (χ0v) is 11.8. The quantitative estimate of drug-likeness (QED) is 0.687. The summed E-state index contributed by atoms with van der Waals surface area (Å²) in [5.41, 5.74) is 1.40. The maximum absolute atomic E-state index is 10.9. The van der Waals surface area contributed by atoms with Gasteiger partial charge in [-0.05, 0) is 26.0 Å². The summed E-state index contributed by atoms with van der Waals surface area (Å²) in [6, 6.07) is 6.23. The SMILES string of the molecule is Cc1csc(C(C)Nc2ccc(C#N)c([N+](=O)[O-])c2)n1. The van der Waals surface area contributed by atoms with Gasteiger partial charge in [0.15, 0.2) is 0 Å². The van der Waals surface area contributed by atoms with Crippen LogP contribution in [0.3, 0.4) is 0 Å². The molecule has 102 valence electrons. The molecule has 0 amide bonds. The first-order valence-corrected chi connectivity index (χ1v) is 6.76. The smallest absolute Gasteiger partial charge is 0.289 e. The van der Waals surface area contributed by atoms with Crippen molar-refractivity contribution in [3.05, 3.63) is 50.0 Å². The van der Waals surface area contributed by atoms with Crippen molar-refractivity contribution >= 4 is 22.7 Å². The number of nitro groups is 1. The number of nitrogens with zero attached hydrogens (tertiary/aromatic N) is 3. The van der Waals surface area contributed by atoms with Crippen molar-refractivity contribution in [3.8, 4) is 6.07 Å². The highest BCUT2D eigenvalue weighted by atomic mass is 32.1. The predicted molar refractivity (Wildman–Crippen MR) is 76.7 cm³/mol. The van der Waals surface area contributed by atoms with E-state index in [0.29, 0.717) is 5.69 Å². The monoisotopic (exact) mass is 288 g/mol. The normalized spacial score (nSPS) is 11.7. The van der Waals surface area contributed by atoms with E-state index < -0.39 is 4.92 Å². The minimum atomic E-state index is -0.554. The van der Waals surface area contributed by atoms with Gasteiger partial charge in [-0.1, -0.05) is 0 Å². The van der Waals surface area contributed by atoms with Crippen LogP contribution in [0.25, 0.3) is 0 Å². The third kappa shape index (κ3) is 2.92. The number of nitro benzene ring substituents is 1. The summed E-state index contributed by atoms with van der Waals surface area (Å²) in [4.78, 5) is 14.7. The lowest BCUT2D eigenvalue weighted by molar-refractivity contribution is -0.385. The Balaban J connectivity index is 2.24. The third-order valence-corrected chi connectivity index (χ3v) is 3.85. The lowest BCUT2D eigenvalue weighted by Crippen LogP contribution is -2.07. The number of anilines is 1. The Kier molecular flexibility index (Phi) is 3.96. The van der Waals surface area contributed by atoms with Crippen LogP contribution >= 0.6 is 11.3 Å². The van der Waals surface area contributed by atoms with Gasteiger partial charge < -0.3 is 5.32 Å². The van der Waals surface area contributed by atoms with E-state index in [4.69, 9.17) is 5.26 Å². The van der Waals surface area contributed by atoms with Crippen molar-refractivity contribution in [3.63, 3.8) is 0 Å². The van der Waals surface area contributed by atoms with Gasteiger partial charge in [0.05, 0.1) is 11.0 Å². The molecule has 2 aromatic rings. The van der Waals surface area contributed by atoms with E-state index >= 15 is 0 Å². The summed E-state index contributed by atoms with van der Waals surface area (Å²) < 4.78 is 0. The molecular formula is C13H12N4O2S. The van der Waals surface area contributed by atoms with Crippen LogP contribution in [-0.4, -0.2) is 9.91 Å². The molecule has 0 fully saturated rings. The Labute approximate surface area is 119 Å². The van der Waals surface area contributed by atoms with E-state index in [1.165, 1.54) is 23.5 Å². The van der Waals surface area contributed by atoms with Gasteiger partial charge in [-0.15, -0.1) is 11.3 Å². The Hall–Kier alpha value is -2.46. The average molecular weight is 288 g/mol. The van der Waals surface area contributed by atoms with Crippen molar-refractivity contribution < 1.29 is 4.92 Å². The number of hydrogen-bond acceptors (Lipinski definition) is 6. The Morgan fingerprint density at radius 3 is 2.85 bits per heavy atom. The van der Waals surface area contributed by atoms with Gasteiger partial charge in [-0.3, -0.25) is 10.1 Å². The largest absolute Gasteiger partial charge is 0.376 e. The fraction of sp³-hybridized carbons (Fsp3) is 0.231. The van der Waals surface area contributed by atoms with E-state index in [1.807, 2.05) is 25.3 Å². The maximum Gasteiger partial charge on any atom is 0.289 e. The van der Waals surface area contributed by atoms with E-state index in [1.54, 1.807) is 6.07 Å². The molecule has 6 nitrogen and oxygen atoms in total. The van der Waals surface area contributed by atoms with Gasteiger partial charge in [0.25, 0.3) is 5.69 Å². The number of rotatable bonds is 4. The summed E-state index contributed by atoms with van der Waals surface area (Å²) in [5, 5.41) is 25.8. The molecule has 1 heterocycles. The molecule has 0 aliphatic heterocycles. The fourth-order valence-corrected chi connectivity index (χ4v) is 2.55. The molecule has 0 radical (unpaired) electrons. The molecule has 0 saturated carbocycles. The van der Waals surface area contributed by atoms with Crippen LogP contribution in [0.2, 0.25) is 0 Å². The lowest BCUT2D eigenvalue weighted by Gasteiger charge is -2.12. The summed E-state index contributed by atoms with van der Waals surface area (Å²) >= 11 is 1.54. The number of hydrogen-bond donors (Lipinski definition) is 1. The highest BCUT2D eigenvalue weighted by molar-refractivity contribution is 7.09. The maximum atomic E-state index is 10.9.